The van der Waals surface area contributed by atoms with Crippen LogP contribution in [0.25, 0.3) is 0 Å². The largest absolute Gasteiger partial charge is 0.457 e. The number of para-hydroxylation sites is 2. The number of hydrogen-bond donors (Lipinski definition) is 1. The number of fused-ring (bicyclic) bond motifs is 2. The van der Waals surface area contributed by atoms with Crippen molar-refractivity contribution >= 4 is 6.09 Å². The molecule has 1 amide bonds. The summed E-state index contributed by atoms with van der Waals surface area (Å²) in [5.74, 6) is 1.82. The predicted molar refractivity (Wildman–Crippen MR) is 99.6 cm³/mol. The third-order valence-electron chi connectivity index (χ3n) is 5.10. The fraction of sp³-hybridized carbons (Fsp3) is 0.381. The van der Waals surface area contributed by atoms with Gasteiger partial charge in [0, 0.05) is 30.3 Å². The minimum atomic E-state index is -0.201. The van der Waals surface area contributed by atoms with Crippen molar-refractivity contribution in [1.82, 2.24) is 10.2 Å². The van der Waals surface area contributed by atoms with Gasteiger partial charge in [0.15, 0.2) is 0 Å². The molecule has 0 spiro atoms. The van der Waals surface area contributed by atoms with Gasteiger partial charge in [0.1, 0.15) is 11.5 Å². The second-order valence-corrected chi connectivity index (χ2v) is 6.74. The summed E-state index contributed by atoms with van der Waals surface area (Å²) < 4.78 is 11.2. The molecule has 26 heavy (non-hydrogen) atoms. The Hall–Kier alpha value is -2.53. The molecule has 4 rings (SSSR count). The van der Waals surface area contributed by atoms with E-state index in [0.717, 1.165) is 37.4 Å². The van der Waals surface area contributed by atoms with Crippen LogP contribution in [-0.4, -0.2) is 36.7 Å². The average Bonchev–Trinajstić information content (AvgIpc) is 2.68. The lowest BCUT2D eigenvalue weighted by Gasteiger charge is -2.36. The van der Waals surface area contributed by atoms with Gasteiger partial charge < -0.3 is 19.7 Å². The molecule has 2 heterocycles. The highest BCUT2D eigenvalue weighted by Crippen LogP contribution is 2.42. The van der Waals surface area contributed by atoms with Crippen LogP contribution in [-0.2, 0) is 4.74 Å². The molecule has 0 atom stereocenters. The molecular formula is C21H24N2O3. The van der Waals surface area contributed by atoms with E-state index < -0.39 is 0 Å². The van der Waals surface area contributed by atoms with Gasteiger partial charge in [-0.3, -0.25) is 0 Å². The van der Waals surface area contributed by atoms with Crippen LogP contribution in [0.3, 0.4) is 0 Å². The van der Waals surface area contributed by atoms with Crippen molar-refractivity contribution in [3.63, 3.8) is 0 Å². The molecule has 136 valence electrons. The van der Waals surface area contributed by atoms with E-state index in [-0.39, 0.29) is 12.1 Å². The quantitative estimate of drug-likeness (QED) is 0.904. The molecule has 2 aromatic rings. The minimum Gasteiger partial charge on any atom is -0.457 e. The average molecular weight is 352 g/mol. The number of carbonyl (C=O) groups excluding carboxylic acids is 1. The van der Waals surface area contributed by atoms with E-state index in [1.54, 1.807) is 4.90 Å². The number of hydrogen-bond acceptors (Lipinski definition) is 4. The van der Waals surface area contributed by atoms with Gasteiger partial charge in [0.25, 0.3) is 0 Å². The number of nitrogens with one attached hydrogen (secondary N) is 1. The Morgan fingerprint density at radius 1 is 1.08 bits per heavy atom. The summed E-state index contributed by atoms with van der Waals surface area (Å²) in [6.07, 6.45) is 1.63. The van der Waals surface area contributed by atoms with Crippen LogP contribution in [0.15, 0.2) is 48.5 Å². The van der Waals surface area contributed by atoms with Crippen LogP contribution >= 0.6 is 0 Å². The third-order valence-corrected chi connectivity index (χ3v) is 5.10. The monoisotopic (exact) mass is 352 g/mol. The summed E-state index contributed by atoms with van der Waals surface area (Å²) in [5, 5.41) is 3.80. The van der Waals surface area contributed by atoms with Crippen molar-refractivity contribution in [2.45, 2.75) is 31.8 Å². The fourth-order valence-electron chi connectivity index (χ4n) is 3.77. The Kier molecular flexibility index (Phi) is 4.80. The molecule has 0 radical (unpaired) electrons. The smallest absolute Gasteiger partial charge is 0.409 e. The van der Waals surface area contributed by atoms with E-state index in [4.69, 9.17) is 9.47 Å². The Morgan fingerprint density at radius 3 is 2.23 bits per heavy atom. The first-order valence-electron chi connectivity index (χ1n) is 9.29. The number of benzene rings is 2. The van der Waals surface area contributed by atoms with E-state index >= 15 is 0 Å². The molecule has 2 aliphatic rings. The molecule has 5 heteroatoms. The van der Waals surface area contributed by atoms with E-state index in [2.05, 4.69) is 17.4 Å². The van der Waals surface area contributed by atoms with Crippen molar-refractivity contribution in [3.05, 3.63) is 59.7 Å². The van der Waals surface area contributed by atoms with Crippen LogP contribution in [0.5, 0.6) is 11.5 Å². The van der Waals surface area contributed by atoms with Crippen molar-refractivity contribution < 1.29 is 14.3 Å². The maximum atomic E-state index is 11.9. The zero-order chi connectivity index (χ0) is 17.9. The molecule has 0 bridgehead atoms. The zero-order valence-corrected chi connectivity index (χ0v) is 15.0. The van der Waals surface area contributed by atoms with Crippen LogP contribution in [0.2, 0.25) is 0 Å². The number of likely N-dealkylation sites (tertiary alicyclic amines) is 1. The highest BCUT2D eigenvalue weighted by molar-refractivity contribution is 5.67. The third kappa shape index (κ3) is 3.27. The topological polar surface area (TPSA) is 50.8 Å². The Labute approximate surface area is 153 Å². The van der Waals surface area contributed by atoms with Crippen LogP contribution in [0.4, 0.5) is 4.79 Å². The van der Waals surface area contributed by atoms with Gasteiger partial charge in [0.05, 0.1) is 12.6 Å². The summed E-state index contributed by atoms with van der Waals surface area (Å²) >= 11 is 0. The normalized spacial score (nSPS) is 17.2. The number of ether oxygens (including phenoxy) is 2. The van der Waals surface area contributed by atoms with E-state index in [1.807, 2.05) is 43.3 Å². The van der Waals surface area contributed by atoms with Gasteiger partial charge in [-0.05, 0) is 31.9 Å². The minimum absolute atomic E-state index is 0.107. The number of rotatable bonds is 3. The SMILES string of the molecule is CCOC(=O)N1CCC(NC2c3ccccc3Oc3ccccc32)CC1. The second-order valence-electron chi connectivity index (χ2n) is 6.74. The summed E-state index contributed by atoms with van der Waals surface area (Å²) in [6, 6.07) is 16.8. The Morgan fingerprint density at radius 2 is 1.65 bits per heavy atom. The maximum absolute atomic E-state index is 11.9. The van der Waals surface area contributed by atoms with Gasteiger partial charge >= 0.3 is 6.09 Å². The Balaban J connectivity index is 1.50. The molecule has 5 nitrogen and oxygen atoms in total. The molecule has 0 unspecified atom stereocenters. The van der Waals surface area contributed by atoms with E-state index in [1.165, 1.54) is 11.1 Å². The fourth-order valence-corrected chi connectivity index (χ4v) is 3.77. The highest BCUT2D eigenvalue weighted by atomic mass is 16.6. The molecule has 0 aliphatic carbocycles. The lowest BCUT2D eigenvalue weighted by Crippen LogP contribution is -2.46. The summed E-state index contributed by atoms with van der Waals surface area (Å²) in [4.78, 5) is 13.7. The zero-order valence-electron chi connectivity index (χ0n) is 15.0. The van der Waals surface area contributed by atoms with Crippen molar-refractivity contribution in [2.75, 3.05) is 19.7 Å². The van der Waals surface area contributed by atoms with Gasteiger partial charge in [-0.15, -0.1) is 0 Å². The summed E-state index contributed by atoms with van der Waals surface area (Å²) in [7, 11) is 0. The van der Waals surface area contributed by atoms with Gasteiger partial charge in [-0.1, -0.05) is 36.4 Å². The number of amides is 1. The number of carbonyl (C=O) groups is 1. The standard InChI is InChI=1S/C21H24N2O3/c1-2-25-21(24)23-13-11-15(12-14-23)22-20-16-7-3-5-9-18(16)26-19-10-6-4-8-17(19)20/h3-10,15,20,22H,2,11-14H2,1H3. The van der Waals surface area contributed by atoms with Crippen molar-refractivity contribution in [1.29, 1.82) is 0 Å². The molecule has 1 N–H and O–H groups in total. The maximum Gasteiger partial charge on any atom is 0.409 e. The van der Waals surface area contributed by atoms with Crippen LogP contribution in [0, 0.1) is 0 Å². The molecule has 0 aromatic heterocycles. The molecule has 1 saturated heterocycles. The Bertz CT molecular complexity index is 739. The number of piperidine rings is 1. The molecule has 0 saturated carbocycles. The summed E-state index contributed by atoms with van der Waals surface area (Å²) in [5.41, 5.74) is 2.33. The van der Waals surface area contributed by atoms with Gasteiger partial charge in [-0.2, -0.15) is 0 Å². The van der Waals surface area contributed by atoms with E-state index in [0.29, 0.717) is 12.6 Å². The van der Waals surface area contributed by atoms with Gasteiger partial charge in [-0.25, -0.2) is 4.79 Å². The molecular weight excluding hydrogens is 328 g/mol. The summed E-state index contributed by atoms with van der Waals surface area (Å²) in [6.45, 7) is 3.71. The van der Waals surface area contributed by atoms with E-state index in [9.17, 15) is 4.79 Å². The van der Waals surface area contributed by atoms with Crippen LogP contribution < -0.4 is 10.1 Å². The first-order valence-corrected chi connectivity index (χ1v) is 9.29. The van der Waals surface area contributed by atoms with Crippen LogP contribution in [0.1, 0.15) is 36.9 Å². The predicted octanol–water partition coefficient (Wildman–Crippen LogP) is 4.09. The molecule has 1 fully saturated rings. The lowest BCUT2D eigenvalue weighted by atomic mass is 9.92. The molecule has 2 aliphatic heterocycles. The first kappa shape index (κ1) is 16.9. The lowest BCUT2D eigenvalue weighted by molar-refractivity contribution is 0.0944. The van der Waals surface area contributed by atoms with Crippen molar-refractivity contribution in [2.24, 2.45) is 0 Å². The number of nitrogens with zero attached hydrogens (tertiary/aromatic N) is 1. The molecule has 2 aromatic carbocycles. The second kappa shape index (κ2) is 7.38. The first-order chi connectivity index (χ1) is 12.8. The highest BCUT2D eigenvalue weighted by Gasteiger charge is 2.30. The van der Waals surface area contributed by atoms with Crippen molar-refractivity contribution in [3.8, 4) is 11.5 Å². The van der Waals surface area contributed by atoms with Gasteiger partial charge in [0.2, 0.25) is 0 Å².